The Morgan fingerprint density at radius 1 is 0.966 bits per heavy atom. The van der Waals surface area contributed by atoms with Gasteiger partial charge in [-0.05, 0) is 49.4 Å². The average Bonchev–Trinajstić information content (AvgIpc) is 2.73. The highest BCUT2D eigenvalue weighted by atomic mass is 31.2. The molecular weight excluding hydrogens is 386 g/mol. The van der Waals surface area contributed by atoms with Gasteiger partial charge in [-0.1, -0.05) is 36.4 Å². The minimum Gasteiger partial charge on any atom is -0.378 e. The molecule has 2 atom stereocenters. The van der Waals surface area contributed by atoms with Crippen LogP contribution in [0.2, 0.25) is 0 Å². The van der Waals surface area contributed by atoms with Gasteiger partial charge in [0.1, 0.15) is 11.6 Å². The molecule has 0 fully saturated rings. The van der Waals surface area contributed by atoms with Gasteiger partial charge in [0.25, 0.3) is 7.37 Å². The van der Waals surface area contributed by atoms with Crippen molar-refractivity contribution in [2.75, 3.05) is 30.9 Å². The fraction of sp³-hybridized carbons (Fsp3) is 0.217. The summed E-state index contributed by atoms with van der Waals surface area (Å²) in [5, 5.41) is 3.80. The fourth-order valence-electron chi connectivity index (χ4n) is 3.18. The van der Waals surface area contributed by atoms with Crippen LogP contribution in [-0.4, -0.2) is 20.7 Å². The Morgan fingerprint density at radius 3 is 2.17 bits per heavy atom. The number of para-hydroxylation sites is 1. The van der Waals surface area contributed by atoms with E-state index in [0.717, 1.165) is 11.4 Å². The van der Waals surface area contributed by atoms with Crippen molar-refractivity contribution in [3.05, 3.63) is 90.2 Å². The Labute approximate surface area is 171 Å². The van der Waals surface area contributed by atoms with Crippen molar-refractivity contribution in [2.45, 2.75) is 12.7 Å². The third kappa shape index (κ3) is 4.69. The van der Waals surface area contributed by atoms with E-state index in [1.165, 1.54) is 6.07 Å². The average molecular weight is 412 g/mol. The molecule has 152 valence electrons. The largest absolute Gasteiger partial charge is 0.378 e. The van der Waals surface area contributed by atoms with Crippen molar-refractivity contribution < 1.29 is 13.5 Å². The molecule has 0 spiro atoms. The summed E-state index contributed by atoms with van der Waals surface area (Å²) in [6.07, 6.45) is 0. The van der Waals surface area contributed by atoms with Crippen molar-refractivity contribution in [3.8, 4) is 0 Å². The second-order valence-electron chi connectivity index (χ2n) is 6.86. The van der Waals surface area contributed by atoms with Crippen molar-refractivity contribution in [2.24, 2.45) is 0 Å². The lowest BCUT2D eigenvalue weighted by atomic mass is 10.2. The molecule has 0 aromatic heterocycles. The first-order valence-electron chi connectivity index (χ1n) is 9.54. The van der Waals surface area contributed by atoms with Gasteiger partial charge in [-0.15, -0.1) is 0 Å². The molecular formula is C23H26FN2O2P. The number of halogens is 1. The summed E-state index contributed by atoms with van der Waals surface area (Å²) in [6.45, 7) is 2.04. The highest BCUT2D eigenvalue weighted by Gasteiger charge is 2.39. The molecule has 3 aromatic rings. The minimum atomic E-state index is -3.52. The number of anilines is 2. The number of benzene rings is 3. The van der Waals surface area contributed by atoms with E-state index in [4.69, 9.17) is 4.52 Å². The lowest BCUT2D eigenvalue weighted by molar-refractivity contribution is 0.335. The summed E-state index contributed by atoms with van der Waals surface area (Å²) >= 11 is 0. The Kier molecular flexibility index (Phi) is 6.73. The van der Waals surface area contributed by atoms with Crippen molar-refractivity contribution in [1.29, 1.82) is 0 Å². The molecule has 6 heteroatoms. The monoisotopic (exact) mass is 412 g/mol. The molecule has 0 amide bonds. The predicted octanol–water partition coefficient (Wildman–Crippen LogP) is 5.64. The zero-order chi connectivity index (χ0) is 20.9. The molecule has 4 nitrogen and oxygen atoms in total. The summed E-state index contributed by atoms with van der Waals surface area (Å²) in [5.41, 5.74) is 2.03. The summed E-state index contributed by atoms with van der Waals surface area (Å²) in [4.78, 5) is 1.96. The smallest absolute Gasteiger partial charge is 0.258 e. The maximum absolute atomic E-state index is 14.8. The van der Waals surface area contributed by atoms with Crippen LogP contribution >= 0.6 is 7.37 Å². The molecule has 0 aliphatic rings. The van der Waals surface area contributed by atoms with Gasteiger partial charge in [-0.3, -0.25) is 4.57 Å². The highest BCUT2D eigenvalue weighted by molar-refractivity contribution is 7.67. The lowest BCUT2D eigenvalue weighted by Crippen LogP contribution is -2.22. The molecule has 0 bridgehead atoms. The van der Waals surface area contributed by atoms with E-state index in [0.29, 0.717) is 10.9 Å². The maximum Gasteiger partial charge on any atom is 0.258 e. The SMILES string of the molecule is CCO[P@](=O)(c1ccc(N(C)C)cc1)[C@@H](Nc1ccccc1)c1ccccc1F. The van der Waals surface area contributed by atoms with Gasteiger partial charge in [0.2, 0.25) is 0 Å². The molecule has 0 aliphatic heterocycles. The van der Waals surface area contributed by atoms with Gasteiger partial charge in [-0.25, -0.2) is 4.39 Å². The van der Waals surface area contributed by atoms with Crippen LogP contribution in [-0.2, 0) is 9.09 Å². The molecule has 3 rings (SSSR count). The Morgan fingerprint density at radius 2 is 1.59 bits per heavy atom. The van der Waals surface area contributed by atoms with Gasteiger partial charge < -0.3 is 14.7 Å². The van der Waals surface area contributed by atoms with Gasteiger partial charge in [0, 0.05) is 36.3 Å². The third-order valence-electron chi connectivity index (χ3n) is 4.66. The van der Waals surface area contributed by atoms with Crippen LogP contribution in [0, 0.1) is 5.82 Å². The number of nitrogens with zero attached hydrogens (tertiary/aromatic N) is 1. The Balaban J connectivity index is 2.13. The van der Waals surface area contributed by atoms with Crippen LogP contribution in [0.5, 0.6) is 0 Å². The molecule has 29 heavy (non-hydrogen) atoms. The first-order valence-corrected chi connectivity index (χ1v) is 11.2. The standard InChI is InChI=1S/C23H26FN2O2P/c1-4-28-29(27,20-16-14-19(15-17-20)26(2)3)23(21-12-8-9-13-22(21)24)25-18-10-6-5-7-11-18/h5-17,23,25H,4H2,1-3H3/t23-,29-/m1/s1. The fourth-order valence-corrected chi connectivity index (χ4v) is 5.62. The van der Waals surface area contributed by atoms with E-state index in [2.05, 4.69) is 5.32 Å². The van der Waals surface area contributed by atoms with E-state index < -0.39 is 19.0 Å². The van der Waals surface area contributed by atoms with Crippen LogP contribution < -0.4 is 15.5 Å². The molecule has 0 unspecified atom stereocenters. The Hall–Kier alpha value is -2.62. The maximum atomic E-state index is 14.8. The molecule has 0 saturated heterocycles. The molecule has 0 heterocycles. The van der Waals surface area contributed by atoms with E-state index in [9.17, 15) is 8.96 Å². The van der Waals surface area contributed by atoms with Crippen LogP contribution in [0.25, 0.3) is 0 Å². The summed E-state index contributed by atoms with van der Waals surface area (Å²) in [5.74, 6) is -1.29. The Bertz CT molecular complexity index is 978. The first-order chi connectivity index (χ1) is 14.0. The van der Waals surface area contributed by atoms with E-state index in [-0.39, 0.29) is 6.61 Å². The van der Waals surface area contributed by atoms with Crippen molar-refractivity contribution in [3.63, 3.8) is 0 Å². The number of nitrogens with one attached hydrogen (secondary N) is 1. The predicted molar refractivity (Wildman–Crippen MR) is 119 cm³/mol. The first kappa shape index (κ1) is 21.1. The molecule has 0 aliphatic carbocycles. The van der Waals surface area contributed by atoms with Gasteiger partial charge in [0.05, 0.1) is 6.61 Å². The van der Waals surface area contributed by atoms with Gasteiger partial charge in [0.15, 0.2) is 0 Å². The second kappa shape index (κ2) is 9.25. The van der Waals surface area contributed by atoms with E-state index in [1.807, 2.05) is 61.5 Å². The van der Waals surface area contributed by atoms with Gasteiger partial charge >= 0.3 is 0 Å². The summed E-state index contributed by atoms with van der Waals surface area (Å²) < 4.78 is 34.9. The third-order valence-corrected chi connectivity index (χ3v) is 7.41. The summed E-state index contributed by atoms with van der Waals surface area (Å²) in [6, 6.07) is 23.1. The number of rotatable bonds is 8. The second-order valence-corrected chi connectivity index (χ2v) is 9.35. The van der Waals surface area contributed by atoms with E-state index in [1.54, 1.807) is 37.3 Å². The number of hydrogen-bond donors (Lipinski definition) is 1. The summed E-state index contributed by atoms with van der Waals surface area (Å²) in [7, 11) is 0.366. The van der Waals surface area contributed by atoms with Crippen LogP contribution in [0.1, 0.15) is 18.3 Å². The molecule has 0 saturated carbocycles. The molecule has 1 N–H and O–H groups in total. The minimum absolute atomic E-state index is 0.244. The topological polar surface area (TPSA) is 41.6 Å². The lowest BCUT2D eigenvalue weighted by Gasteiger charge is -2.30. The number of hydrogen-bond acceptors (Lipinski definition) is 4. The zero-order valence-corrected chi connectivity index (χ0v) is 17.8. The molecule has 0 radical (unpaired) electrons. The molecule has 3 aromatic carbocycles. The quantitative estimate of drug-likeness (QED) is 0.486. The zero-order valence-electron chi connectivity index (χ0n) is 16.9. The highest BCUT2D eigenvalue weighted by Crippen LogP contribution is 2.59. The van der Waals surface area contributed by atoms with Gasteiger partial charge in [-0.2, -0.15) is 0 Å². The van der Waals surface area contributed by atoms with E-state index >= 15 is 0 Å². The normalized spacial score (nSPS) is 14.1. The van der Waals surface area contributed by atoms with Crippen LogP contribution in [0.3, 0.4) is 0 Å². The van der Waals surface area contributed by atoms with Crippen LogP contribution in [0.15, 0.2) is 78.9 Å². The van der Waals surface area contributed by atoms with Crippen LogP contribution in [0.4, 0.5) is 15.8 Å². The van der Waals surface area contributed by atoms with Crippen molar-refractivity contribution in [1.82, 2.24) is 0 Å². The van der Waals surface area contributed by atoms with Crippen molar-refractivity contribution >= 4 is 24.0 Å².